The third kappa shape index (κ3) is 1.21. The van der Waals surface area contributed by atoms with E-state index in [1.807, 2.05) is 0 Å². The maximum Gasteiger partial charge on any atom is 0.336 e. The second kappa shape index (κ2) is 2.81. The number of benzene rings is 1. The fourth-order valence-corrected chi connectivity index (χ4v) is 3.23. The van der Waals surface area contributed by atoms with Gasteiger partial charge in [-0.25, -0.2) is 13.2 Å². The number of carbonyl (C=O) groups is 1. The summed E-state index contributed by atoms with van der Waals surface area (Å²) in [7, 11) is -3.22. The zero-order chi connectivity index (χ0) is 10.3. The number of sulfone groups is 1. The van der Waals surface area contributed by atoms with Crippen LogP contribution in [0, 0.1) is 0 Å². The van der Waals surface area contributed by atoms with Gasteiger partial charge in [-0.15, -0.1) is 0 Å². The van der Waals surface area contributed by atoms with Gasteiger partial charge in [0.05, 0.1) is 16.2 Å². The topological polar surface area (TPSA) is 71.4 Å². The molecule has 1 N–H and O–H groups in total. The minimum Gasteiger partial charge on any atom is -0.478 e. The van der Waals surface area contributed by atoms with Gasteiger partial charge >= 0.3 is 5.97 Å². The molecule has 0 aliphatic carbocycles. The highest BCUT2D eigenvalue weighted by atomic mass is 32.2. The Bertz CT molecular complexity index is 502. The Morgan fingerprint density at radius 3 is 2.71 bits per heavy atom. The SMILES string of the molecule is O=C(O)c1cccc2c1CCS2(=O)=O. The molecule has 0 radical (unpaired) electrons. The smallest absolute Gasteiger partial charge is 0.336 e. The van der Waals surface area contributed by atoms with E-state index in [0.717, 1.165) is 0 Å². The lowest BCUT2D eigenvalue weighted by Gasteiger charge is -2.01. The molecule has 1 aromatic rings. The summed E-state index contributed by atoms with van der Waals surface area (Å²) in [6.45, 7) is 0. The minimum absolute atomic E-state index is 0.0205. The molecule has 74 valence electrons. The first-order chi connectivity index (χ1) is 6.52. The number of hydrogen-bond acceptors (Lipinski definition) is 3. The molecule has 0 spiro atoms. The average molecular weight is 212 g/mol. The zero-order valence-corrected chi connectivity index (χ0v) is 8.04. The van der Waals surface area contributed by atoms with Gasteiger partial charge in [-0.3, -0.25) is 0 Å². The standard InChI is InChI=1S/C9H8O4S/c10-9(11)7-2-1-3-8-6(7)4-5-14(8,12)13/h1-3H,4-5H2,(H,10,11). The van der Waals surface area contributed by atoms with Crippen LogP contribution in [0.5, 0.6) is 0 Å². The largest absolute Gasteiger partial charge is 0.478 e. The molecule has 2 rings (SSSR count). The fraction of sp³-hybridized carbons (Fsp3) is 0.222. The summed E-state index contributed by atoms with van der Waals surface area (Å²) in [4.78, 5) is 11.0. The van der Waals surface area contributed by atoms with Gasteiger partial charge in [0.2, 0.25) is 0 Å². The Morgan fingerprint density at radius 2 is 2.07 bits per heavy atom. The molecule has 0 saturated heterocycles. The van der Waals surface area contributed by atoms with Crippen molar-refractivity contribution in [3.05, 3.63) is 29.3 Å². The van der Waals surface area contributed by atoms with Crippen molar-refractivity contribution in [3.8, 4) is 0 Å². The first-order valence-electron chi connectivity index (χ1n) is 4.10. The second-order valence-corrected chi connectivity index (χ2v) is 5.23. The Balaban J connectivity index is 2.74. The normalized spacial score (nSPS) is 17.7. The van der Waals surface area contributed by atoms with E-state index in [2.05, 4.69) is 0 Å². The molecule has 1 heterocycles. The highest BCUT2D eigenvalue weighted by Crippen LogP contribution is 2.28. The number of aromatic carboxylic acids is 1. The van der Waals surface area contributed by atoms with E-state index in [1.54, 1.807) is 0 Å². The third-order valence-electron chi connectivity index (χ3n) is 2.32. The molecular formula is C9H8O4S. The number of fused-ring (bicyclic) bond motifs is 1. The average Bonchev–Trinajstić information content (AvgIpc) is 2.42. The zero-order valence-electron chi connectivity index (χ0n) is 7.23. The second-order valence-electron chi connectivity index (χ2n) is 3.16. The van der Waals surface area contributed by atoms with Crippen molar-refractivity contribution in [2.24, 2.45) is 0 Å². The summed E-state index contributed by atoms with van der Waals surface area (Å²) < 4.78 is 22.9. The van der Waals surface area contributed by atoms with Gasteiger partial charge in [0.1, 0.15) is 0 Å². The van der Waals surface area contributed by atoms with Crippen molar-refractivity contribution in [2.75, 3.05) is 5.75 Å². The van der Waals surface area contributed by atoms with E-state index < -0.39 is 15.8 Å². The van der Waals surface area contributed by atoms with Gasteiger partial charge in [0, 0.05) is 0 Å². The Morgan fingerprint density at radius 1 is 1.36 bits per heavy atom. The summed E-state index contributed by atoms with van der Waals surface area (Å²) in [5, 5.41) is 8.82. The summed E-state index contributed by atoms with van der Waals surface area (Å²) in [6.07, 6.45) is 0.306. The summed E-state index contributed by atoms with van der Waals surface area (Å²) >= 11 is 0. The van der Waals surface area contributed by atoms with Gasteiger partial charge in [0.25, 0.3) is 0 Å². The molecule has 5 heteroatoms. The third-order valence-corrected chi connectivity index (χ3v) is 4.11. The highest BCUT2D eigenvalue weighted by Gasteiger charge is 2.29. The summed E-state index contributed by atoms with van der Waals surface area (Å²) in [5.74, 6) is -1.05. The van der Waals surface area contributed by atoms with E-state index >= 15 is 0 Å². The van der Waals surface area contributed by atoms with Crippen LogP contribution in [0.4, 0.5) is 0 Å². The molecule has 0 saturated carbocycles. The molecule has 0 unspecified atom stereocenters. The van der Waals surface area contributed by atoms with Crippen LogP contribution in [0.15, 0.2) is 23.1 Å². The monoisotopic (exact) mass is 212 g/mol. The van der Waals surface area contributed by atoms with Crippen LogP contribution in [-0.2, 0) is 16.3 Å². The number of carboxylic acids is 1. The predicted octanol–water partition coefficient (Wildman–Crippen LogP) is 0.715. The van der Waals surface area contributed by atoms with Crippen LogP contribution in [0.25, 0.3) is 0 Å². The Hall–Kier alpha value is -1.36. The van der Waals surface area contributed by atoms with Crippen molar-refractivity contribution in [2.45, 2.75) is 11.3 Å². The van der Waals surface area contributed by atoms with Gasteiger partial charge in [0.15, 0.2) is 9.84 Å². The van der Waals surface area contributed by atoms with E-state index in [1.165, 1.54) is 18.2 Å². The van der Waals surface area contributed by atoms with Gasteiger partial charge < -0.3 is 5.11 Å². The maximum absolute atomic E-state index is 11.4. The Kier molecular flexibility index (Phi) is 1.85. The number of hydrogen-bond donors (Lipinski definition) is 1. The van der Waals surface area contributed by atoms with Crippen molar-refractivity contribution < 1.29 is 18.3 Å². The van der Waals surface area contributed by atoms with Crippen LogP contribution < -0.4 is 0 Å². The van der Waals surface area contributed by atoms with Crippen LogP contribution in [0.3, 0.4) is 0 Å². The van der Waals surface area contributed by atoms with E-state index in [-0.39, 0.29) is 16.2 Å². The number of rotatable bonds is 1. The Labute approximate surface area is 81.1 Å². The molecule has 4 nitrogen and oxygen atoms in total. The molecule has 1 aliphatic rings. The van der Waals surface area contributed by atoms with E-state index in [9.17, 15) is 13.2 Å². The predicted molar refractivity (Wildman–Crippen MR) is 49.2 cm³/mol. The molecule has 0 aromatic heterocycles. The van der Waals surface area contributed by atoms with Crippen LogP contribution >= 0.6 is 0 Å². The van der Waals surface area contributed by atoms with Gasteiger partial charge in [-0.2, -0.15) is 0 Å². The molecule has 1 aliphatic heterocycles. The summed E-state index contributed by atoms with van der Waals surface area (Å²) in [5.41, 5.74) is 0.545. The lowest BCUT2D eigenvalue weighted by Crippen LogP contribution is -2.02. The quantitative estimate of drug-likeness (QED) is 0.744. The minimum atomic E-state index is -3.22. The highest BCUT2D eigenvalue weighted by molar-refractivity contribution is 7.91. The van der Waals surface area contributed by atoms with Crippen molar-refractivity contribution in [1.82, 2.24) is 0 Å². The lowest BCUT2D eigenvalue weighted by molar-refractivity contribution is 0.0695. The van der Waals surface area contributed by atoms with Crippen molar-refractivity contribution >= 4 is 15.8 Å². The van der Waals surface area contributed by atoms with E-state index in [0.29, 0.717) is 12.0 Å². The molecule has 14 heavy (non-hydrogen) atoms. The van der Waals surface area contributed by atoms with Gasteiger partial charge in [-0.1, -0.05) is 6.07 Å². The molecule has 0 bridgehead atoms. The number of carboxylic acid groups (broad SMARTS) is 1. The molecule has 0 atom stereocenters. The summed E-state index contributed by atoms with van der Waals surface area (Å²) in [6, 6.07) is 4.36. The molecule has 1 aromatic carbocycles. The van der Waals surface area contributed by atoms with Crippen LogP contribution in [-0.4, -0.2) is 25.2 Å². The molecular weight excluding hydrogens is 204 g/mol. The van der Waals surface area contributed by atoms with Crippen LogP contribution in [0.1, 0.15) is 15.9 Å². The first kappa shape index (κ1) is 9.21. The van der Waals surface area contributed by atoms with Gasteiger partial charge in [-0.05, 0) is 24.1 Å². The molecule has 0 fully saturated rings. The lowest BCUT2D eigenvalue weighted by atomic mass is 10.1. The van der Waals surface area contributed by atoms with Crippen molar-refractivity contribution in [1.29, 1.82) is 0 Å². The van der Waals surface area contributed by atoms with Crippen LogP contribution in [0.2, 0.25) is 0 Å². The van der Waals surface area contributed by atoms with Crippen molar-refractivity contribution in [3.63, 3.8) is 0 Å². The van der Waals surface area contributed by atoms with E-state index in [4.69, 9.17) is 5.11 Å². The molecule has 0 amide bonds. The maximum atomic E-state index is 11.4. The first-order valence-corrected chi connectivity index (χ1v) is 5.75. The fourth-order valence-electron chi connectivity index (χ4n) is 1.66.